The van der Waals surface area contributed by atoms with Crippen molar-refractivity contribution in [1.29, 1.82) is 0 Å². The lowest BCUT2D eigenvalue weighted by atomic mass is 9.85. The average molecular weight is 289 g/mol. The van der Waals surface area contributed by atoms with Crippen LogP contribution >= 0.6 is 0 Å². The molecule has 1 aromatic rings. The molecule has 6 heteroatoms. The topological polar surface area (TPSA) is 29.9 Å². The van der Waals surface area contributed by atoms with Crippen molar-refractivity contribution in [2.45, 2.75) is 64.3 Å². The van der Waals surface area contributed by atoms with Crippen LogP contribution in [-0.4, -0.2) is 21.8 Å². The molecule has 2 atom stereocenters. The van der Waals surface area contributed by atoms with Crippen molar-refractivity contribution in [1.82, 2.24) is 14.9 Å². The maximum atomic E-state index is 12.8. The molecule has 2 rings (SSSR count). The molecule has 1 heterocycles. The van der Waals surface area contributed by atoms with Crippen LogP contribution in [0.3, 0.4) is 0 Å². The Hall–Kier alpha value is -1.04. The third-order valence-corrected chi connectivity index (χ3v) is 4.01. The number of hydrogen-bond donors (Lipinski definition) is 1. The summed E-state index contributed by atoms with van der Waals surface area (Å²) in [5.74, 6) is -1.15. The molecule has 1 saturated carbocycles. The molecule has 114 valence electrons. The molecule has 1 fully saturated rings. The summed E-state index contributed by atoms with van der Waals surface area (Å²) in [5.41, 5.74) is 1.02. The first-order valence-corrected chi connectivity index (χ1v) is 7.18. The van der Waals surface area contributed by atoms with Crippen molar-refractivity contribution in [2.24, 2.45) is 5.92 Å². The Morgan fingerprint density at radius 3 is 2.80 bits per heavy atom. The lowest BCUT2D eigenvalue weighted by molar-refractivity contribution is -0.183. The normalized spacial score (nSPS) is 24.3. The van der Waals surface area contributed by atoms with Crippen LogP contribution < -0.4 is 5.32 Å². The van der Waals surface area contributed by atoms with Crippen LogP contribution in [0.5, 0.6) is 0 Å². The first-order valence-electron chi connectivity index (χ1n) is 7.18. The molecule has 0 amide bonds. The van der Waals surface area contributed by atoms with E-state index in [0.717, 1.165) is 12.1 Å². The predicted octanol–water partition coefficient (Wildman–Crippen LogP) is 3.67. The fourth-order valence-electron chi connectivity index (χ4n) is 2.86. The molecule has 1 aliphatic rings. The summed E-state index contributed by atoms with van der Waals surface area (Å²) in [6, 6.07) is 0.259. The molecule has 0 radical (unpaired) electrons. The second-order valence-corrected chi connectivity index (χ2v) is 5.87. The van der Waals surface area contributed by atoms with Gasteiger partial charge < -0.3 is 9.88 Å². The Balaban J connectivity index is 1.89. The minimum Gasteiger partial charge on any atom is -0.331 e. The van der Waals surface area contributed by atoms with Crippen molar-refractivity contribution in [3.63, 3.8) is 0 Å². The van der Waals surface area contributed by atoms with E-state index in [0.29, 0.717) is 19.0 Å². The molecule has 0 spiro atoms. The number of nitrogens with one attached hydrogen (secondary N) is 1. The molecule has 0 aromatic carbocycles. The van der Waals surface area contributed by atoms with Crippen molar-refractivity contribution < 1.29 is 13.2 Å². The zero-order valence-electron chi connectivity index (χ0n) is 12.0. The Labute approximate surface area is 117 Å². The maximum Gasteiger partial charge on any atom is 0.391 e. The Kier molecular flexibility index (Phi) is 4.73. The zero-order valence-corrected chi connectivity index (χ0v) is 12.0. The fraction of sp³-hybridized carbons (Fsp3) is 0.786. The highest BCUT2D eigenvalue weighted by molar-refractivity contribution is 5.00. The minimum atomic E-state index is -4.06. The van der Waals surface area contributed by atoms with Gasteiger partial charge in [0, 0.05) is 24.8 Å². The van der Waals surface area contributed by atoms with E-state index >= 15 is 0 Å². The van der Waals surface area contributed by atoms with E-state index in [-0.39, 0.29) is 18.9 Å². The van der Waals surface area contributed by atoms with Gasteiger partial charge in [-0.2, -0.15) is 13.2 Å². The first kappa shape index (κ1) is 15.4. The van der Waals surface area contributed by atoms with Gasteiger partial charge in [-0.15, -0.1) is 0 Å². The van der Waals surface area contributed by atoms with Gasteiger partial charge in [-0.05, 0) is 33.1 Å². The molecule has 3 nitrogen and oxygen atoms in total. The third-order valence-electron chi connectivity index (χ3n) is 4.01. The van der Waals surface area contributed by atoms with Crippen LogP contribution in [-0.2, 0) is 6.54 Å². The Bertz CT molecular complexity index is 426. The van der Waals surface area contributed by atoms with E-state index in [1.54, 1.807) is 12.5 Å². The Morgan fingerprint density at radius 1 is 1.40 bits per heavy atom. The van der Waals surface area contributed by atoms with E-state index in [9.17, 15) is 13.2 Å². The summed E-state index contributed by atoms with van der Waals surface area (Å²) in [6.45, 7) is 4.70. The van der Waals surface area contributed by atoms with E-state index in [2.05, 4.69) is 24.1 Å². The highest BCUT2D eigenvalue weighted by Gasteiger charge is 2.41. The van der Waals surface area contributed by atoms with Crippen molar-refractivity contribution in [3.8, 4) is 0 Å². The minimum absolute atomic E-state index is 0.0501. The second-order valence-electron chi connectivity index (χ2n) is 5.87. The van der Waals surface area contributed by atoms with Crippen molar-refractivity contribution in [2.75, 3.05) is 0 Å². The van der Waals surface area contributed by atoms with E-state index in [1.807, 2.05) is 4.57 Å². The molecule has 1 aliphatic carbocycles. The number of nitrogens with zero attached hydrogens (tertiary/aromatic N) is 2. The molecular formula is C14H22F3N3. The fourth-order valence-corrected chi connectivity index (χ4v) is 2.86. The van der Waals surface area contributed by atoms with Gasteiger partial charge in [0.05, 0.1) is 17.9 Å². The van der Waals surface area contributed by atoms with E-state index in [1.165, 1.54) is 0 Å². The molecule has 1 aromatic heterocycles. The van der Waals surface area contributed by atoms with E-state index < -0.39 is 12.1 Å². The van der Waals surface area contributed by atoms with Gasteiger partial charge in [0.15, 0.2) is 0 Å². The highest BCUT2D eigenvalue weighted by atomic mass is 19.4. The maximum absolute atomic E-state index is 12.8. The highest BCUT2D eigenvalue weighted by Crippen LogP contribution is 2.37. The SMILES string of the molecule is CC(C)n1cncc1CNC1CCCC(C(F)(F)F)C1. The number of aromatic nitrogens is 2. The summed E-state index contributed by atoms with van der Waals surface area (Å²) in [4.78, 5) is 4.10. The number of rotatable bonds is 4. The zero-order chi connectivity index (χ0) is 14.8. The van der Waals surface area contributed by atoms with Crippen LogP contribution in [0.15, 0.2) is 12.5 Å². The second kappa shape index (κ2) is 6.16. The number of hydrogen-bond acceptors (Lipinski definition) is 2. The quantitative estimate of drug-likeness (QED) is 0.916. The summed E-state index contributed by atoms with van der Waals surface area (Å²) in [7, 11) is 0. The molecule has 1 N–H and O–H groups in total. The first-order chi connectivity index (χ1) is 9.38. The standard InChI is InChI=1S/C14H22F3N3/c1-10(2)20-9-18-7-13(20)8-19-12-5-3-4-11(6-12)14(15,16)17/h7,9-12,19H,3-6,8H2,1-2H3. The number of imidazole rings is 1. The average Bonchev–Trinajstić information content (AvgIpc) is 2.84. The summed E-state index contributed by atoms with van der Waals surface area (Å²) in [6.07, 6.45) is 1.41. The molecule has 2 unspecified atom stereocenters. The van der Waals surface area contributed by atoms with Gasteiger partial charge in [0.25, 0.3) is 0 Å². The van der Waals surface area contributed by atoms with Crippen molar-refractivity contribution in [3.05, 3.63) is 18.2 Å². The molecular weight excluding hydrogens is 267 g/mol. The van der Waals surface area contributed by atoms with Crippen LogP contribution in [0.2, 0.25) is 0 Å². The van der Waals surface area contributed by atoms with Crippen LogP contribution in [0.4, 0.5) is 13.2 Å². The lowest BCUT2D eigenvalue weighted by Gasteiger charge is -2.31. The molecule has 20 heavy (non-hydrogen) atoms. The van der Waals surface area contributed by atoms with Gasteiger partial charge in [0.2, 0.25) is 0 Å². The van der Waals surface area contributed by atoms with Gasteiger partial charge in [-0.1, -0.05) is 6.42 Å². The van der Waals surface area contributed by atoms with Crippen LogP contribution in [0.1, 0.15) is 51.3 Å². The van der Waals surface area contributed by atoms with Crippen molar-refractivity contribution >= 4 is 0 Å². The van der Waals surface area contributed by atoms with Gasteiger partial charge in [0.1, 0.15) is 0 Å². The number of halogens is 3. The Morgan fingerprint density at radius 2 is 2.15 bits per heavy atom. The molecule has 0 saturated heterocycles. The molecule has 0 aliphatic heterocycles. The lowest BCUT2D eigenvalue weighted by Crippen LogP contribution is -2.38. The number of alkyl halides is 3. The monoisotopic (exact) mass is 289 g/mol. The predicted molar refractivity (Wildman–Crippen MR) is 71.3 cm³/mol. The third kappa shape index (κ3) is 3.75. The summed E-state index contributed by atoms with van der Waals surface area (Å²) < 4.78 is 40.3. The smallest absolute Gasteiger partial charge is 0.331 e. The van der Waals surface area contributed by atoms with Crippen LogP contribution in [0.25, 0.3) is 0 Å². The largest absolute Gasteiger partial charge is 0.391 e. The summed E-state index contributed by atoms with van der Waals surface area (Å²) in [5, 5.41) is 3.26. The van der Waals surface area contributed by atoms with E-state index in [4.69, 9.17) is 0 Å². The van der Waals surface area contributed by atoms with Gasteiger partial charge in [-0.25, -0.2) is 4.98 Å². The molecule has 0 bridgehead atoms. The summed E-state index contributed by atoms with van der Waals surface area (Å²) >= 11 is 0. The van der Waals surface area contributed by atoms with Crippen LogP contribution in [0, 0.1) is 5.92 Å². The van der Waals surface area contributed by atoms with Gasteiger partial charge >= 0.3 is 6.18 Å². The van der Waals surface area contributed by atoms with Gasteiger partial charge in [-0.3, -0.25) is 0 Å².